The standard InChI is InChI=1S/C22H28ClN3O3/c1-3-27-21(2)10-8-15(9-11-21)19-24-25-20-18(23)22(28-12-13-29-22)14-16-6-4-5-7-17(16)26(19)20/h4-7,15,18H,3,8-14H2,1-2H3. The minimum absolute atomic E-state index is 0.0323. The average molecular weight is 418 g/mol. The molecule has 156 valence electrons. The summed E-state index contributed by atoms with van der Waals surface area (Å²) in [5.74, 6) is 1.16. The molecule has 0 radical (unpaired) electrons. The SMILES string of the molecule is CCOC1(C)CCC(c2nnc3n2-c2ccccc2CC2(OCCO2)C3Cl)CC1. The number of benzene rings is 1. The van der Waals surface area contributed by atoms with Crippen LogP contribution in [0.2, 0.25) is 0 Å². The van der Waals surface area contributed by atoms with Crippen LogP contribution in [0, 0.1) is 0 Å². The molecule has 29 heavy (non-hydrogen) atoms. The summed E-state index contributed by atoms with van der Waals surface area (Å²) in [5, 5.41) is 8.67. The highest BCUT2D eigenvalue weighted by molar-refractivity contribution is 6.21. The fourth-order valence-corrected chi connectivity index (χ4v) is 5.46. The van der Waals surface area contributed by atoms with E-state index in [9.17, 15) is 0 Å². The first-order chi connectivity index (χ1) is 14.1. The van der Waals surface area contributed by atoms with Gasteiger partial charge in [0.2, 0.25) is 0 Å². The molecule has 3 heterocycles. The molecule has 1 saturated carbocycles. The maximum atomic E-state index is 6.95. The van der Waals surface area contributed by atoms with Gasteiger partial charge in [-0.1, -0.05) is 18.2 Å². The monoisotopic (exact) mass is 417 g/mol. The molecule has 0 amide bonds. The van der Waals surface area contributed by atoms with E-state index < -0.39 is 11.2 Å². The fraction of sp³-hybridized carbons (Fsp3) is 0.636. The molecule has 1 spiro atoms. The molecule has 1 saturated heterocycles. The van der Waals surface area contributed by atoms with Gasteiger partial charge in [-0.3, -0.25) is 4.57 Å². The molecule has 1 unspecified atom stereocenters. The summed E-state index contributed by atoms with van der Waals surface area (Å²) >= 11 is 6.95. The van der Waals surface area contributed by atoms with Crippen molar-refractivity contribution in [3.8, 4) is 5.69 Å². The number of hydrogen-bond acceptors (Lipinski definition) is 5. The number of para-hydroxylation sites is 1. The first-order valence-corrected chi connectivity index (χ1v) is 11.1. The van der Waals surface area contributed by atoms with Crippen LogP contribution in [0.15, 0.2) is 24.3 Å². The van der Waals surface area contributed by atoms with Gasteiger partial charge in [-0.05, 0) is 51.2 Å². The highest BCUT2D eigenvalue weighted by atomic mass is 35.5. The van der Waals surface area contributed by atoms with E-state index in [1.807, 2.05) is 6.07 Å². The van der Waals surface area contributed by atoms with E-state index in [-0.39, 0.29) is 5.60 Å². The second-order valence-corrected chi connectivity index (χ2v) is 9.02. The van der Waals surface area contributed by atoms with Crippen molar-refractivity contribution in [2.24, 2.45) is 0 Å². The minimum Gasteiger partial charge on any atom is -0.376 e. The number of hydrogen-bond donors (Lipinski definition) is 0. The van der Waals surface area contributed by atoms with Crippen LogP contribution in [0.25, 0.3) is 5.69 Å². The van der Waals surface area contributed by atoms with Gasteiger partial charge in [0.15, 0.2) is 11.6 Å². The topological polar surface area (TPSA) is 58.4 Å². The third-order valence-corrected chi connectivity index (χ3v) is 7.20. The minimum atomic E-state index is -0.879. The maximum Gasteiger partial charge on any atom is 0.196 e. The molecule has 6 nitrogen and oxygen atoms in total. The zero-order valence-corrected chi connectivity index (χ0v) is 17.8. The Bertz CT molecular complexity index is 885. The van der Waals surface area contributed by atoms with Crippen LogP contribution in [0.4, 0.5) is 0 Å². The molecule has 3 aliphatic rings. The van der Waals surface area contributed by atoms with Crippen molar-refractivity contribution in [3.05, 3.63) is 41.5 Å². The first-order valence-electron chi connectivity index (χ1n) is 10.6. The van der Waals surface area contributed by atoms with Gasteiger partial charge in [-0.15, -0.1) is 21.8 Å². The number of halogens is 1. The van der Waals surface area contributed by atoms with Crippen LogP contribution >= 0.6 is 11.6 Å². The number of nitrogens with zero attached hydrogens (tertiary/aromatic N) is 3. The van der Waals surface area contributed by atoms with Crippen LogP contribution in [0.5, 0.6) is 0 Å². The second-order valence-electron chi connectivity index (χ2n) is 8.59. The quantitative estimate of drug-likeness (QED) is 0.697. The van der Waals surface area contributed by atoms with Crippen LogP contribution in [-0.2, 0) is 20.6 Å². The molecule has 1 aromatic carbocycles. The lowest BCUT2D eigenvalue weighted by Gasteiger charge is -2.36. The summed E-state index contributed by atoms with van der Waals surface area (Å²) < 4.78 is 20.3. The van der Waals surface area contributed by atoms with Crippen molar-refractivity contribution in [2.75, 3.05) is 19.8 Å². The summed E-state index contributed by atoms with van der Waals surface area (Å²) in [6.07, 6.45) is 4.71. The van der Waals surface area contributed by atoms with Crippen molar-refractivity contribution in [2.45, 2.75) is 68.6 Å². The molecular formula is C22H28ClN3O3. The molecule has 1 aromatic heterocycles. The Kier molecular flexibility index (Phi) is 4.93. The summed E-state index contributed by atoms with van der Waals surface area (Å²) in [7, 11) is 0. The molecule has 1 atom stereocenters. The molecular weight excluding hydrogens is 390 g/mol. The molecule has 0 bridgehead atoms. The number of aromatic nitrogens is 3. The summed E-state index contributed by atoms with van der Waals surface area (Å²) in [4.78, 5) is 0. The van der Waals surface area contributed by atoms with Gasteiger partial charge in [-0.2, -0.15) is 0 Å². The van der Waals surface area contributed by atoms with Crippen molar-refractivity contribution in [3.63, 3.8) is 0 Å². The average Bonchev–Trinajstić information content (AvgIpc) is 3.34. The molecule has 5 rings (SSSR count). The van der Waals surface area contributed by atoms with E-state index in [0.717, 1.165) is 49.4 Å². The molecule has 1 aliphatic carbocycles. The van der Waals surface area contributed by atoms with Crippen molar-refractivity contribution in [1.29, 1.82) is 0 Å². The van der Waals surface area contributed by atoms with E-state index in [1.54, 1.807) is 0 Å². The van der Waals surface area contributed by atoms with Crippen LogP contribution in [-0.4, -0.2) is 46.0 Å². The van der Waals surface area contributed by atoms with Crippen molar-refractivity contribution >= 4 is 11.6 Å². The Hall–Kier alpha value is -1.47. The van der Waals surface area contributed by atoms with Crippen molar-refractivity contribution < 1.29 is 14.2 Å². The third kappa shape index (κ3) is 3.21. The Balaban J connectivity index is 1.55. The van der Waals surface area contributed by atoms with Crippen LogP contribution in [0.3, 0.4) is 0 Å². The third-order valence-electron chi connectivity index (χ3n) is 6.67. The highest BCUT2D eigenvalue weighted by Crippen LogP contribution is 2.47. The number of alkyl halides is 1. The zero-order valence-electron chi connectivity index (χ0n) is 17.1. The molecule has 2 aromatic rings. The predicted molar refractivity (Wildman–Crippen MR) is 110 cm³/mol. The molecule has 2 fully saturated rings. The highest BCUT2D eigenvalue weighted by Gasteiger charge is 2.50. The summed E-state index contributed by atoms with van der Waals surface area (Å²) in [6, 6.07) is 8.35. The van der Waals surface area contributed by atoms with Crippen LogP contribution < -0.4 is 0 Å². The largest absolute Gasteiger partial charge is 0.376 e. The Labute approximate surface area is 176 Å². The Morgan fingerprint density at radius 3 is 2.55 bits per heavy atom. The van der Waals surface area contributed by atoms with Gasteiger partial charge in [0.25, 0.3) is 0 Å². The van der Waals surface area contributed by atoms with Crippen molar-refractivity contribution in [1.82, 2.24) is 14.8 Å². The normalized spacial score (nSPS) is 30.7. The molecule has 7 heteroatoms. The van der Waals surface area contributed by atoms with Crippen LogP contribution in [0.1, 0.15) is 68.0 Å². The summed E-state index contributed by atoms with van der Waals surface area (Å²) in [5.41, 5.74) is 2.20. The van der Waals surface area contributed by atoms with Gasteiger partial charge >= 0.3 is 0 Å². The predicted octanol–water partition coefficient (Wildman–Crippen LogP) is 4.30. The van der Waals surface area contributed by atoms with E-state index in [4.69, 9.17) is 25.8 Å². The smallest absolute Gasteiger partial charge is 0.196 e. The zero-order chi connectivity index (χ0) is 20.1. The van der Waals surface area contributed by atoms with E-state index in [0.29, 0.717) is 31.4 Å². The number of rotatable bonds is 3. The van der Waals surface area contributed by atoms with Gasteiger partial charge in [-0.25, -0.2) is 0 Å². The van der Waals surface area contributed by atoms with Gasteiger partial charge in [0.05, 0.1) is 24.5 Å². The summed E-state index contributed by atoms with van der Waals surface area (Å²) in [6.45, 7) is 6.14. The first kappa shape index (κ1) is 19.5. The van der Waals surface area contributed by atoms with E-state index in [2.05, 4.69) is 46.8 Å². The van der Waals surface area contributed by atoms with Gasteiger partial charge in [0, 0.05) is 18.9 Å². The Morgan fingerprint density at radius 1 is 1.14 bits per heavy atom. The fourth-order valence-electron chi connectivity index (χ4n) is 5.11. The number of fused-ring (bicyclic) bond motifs is 3. The van der Waals surface area contributed by atoms with Gasteiger partial charge in [0.1, 0.15) is 11.2 Å². The molecule has 2 aliphatic heterocycles. The molecule has 0 N–H and O–H groups in total. The second kappa shape index (κ2) is 7.34. The lowest BCUT2D eigenvalue weighted by atomic mass is 9.79. The van der Waals surface area contributed by atoms with E-state index >= 15 is 0 Å². The maximum absolute atomic E-state index is 6.95. The lowest BCUT2D eigenvalue weighted by molar-refractivity contribution is -0.159. The van der Waals surface area contributed by atoms with E-state index in [1.165, 1.54) is 0 Å². The number of ether oxygens (including phenoxy) is 3. The Morgan fingerprint density at radius 2 is 1.83 bits per heavy atom. The lowest BCUT2D eigenvalue weighted by Crippen LogP contribution is -2.37. The van der Waals surface area contributed by atoms with Gasteiger partial charge < -0.3 is 14.2 Å².